The number of methoxy groups -OCH3 is 2. The maximum atomic E-state index is 12.5. The standard InChI is InChI=1S/C16H12BrCl3N2O4/c1-25-11-4-3-8(17)14(26-2)12(11)15(23)22-16(24)21-13-9(19)5-7(18)6-10(13)20/h3-6H,1-2H3,(H2,21,22,23,24). The van der Waals surface area contributed by atoms with E-state index in [4.69, 9.17) is 44.3 Å². The molecule has 6 nitrogen and oxygen atoms in total. The molecule has 0 bridgehead atoms. The van der Waals surface area contributed by atoms with Crippen LogP contribution in [-0.4, -0.2) is 26.2 Å². The molecule has 3 amide bonds. The number of amides is 3. The molecule has 0 aromatic heterocycles. The van der Waals surface area contributed by atoms with Crippen molar-refractivity contribution >= 4 is 68.4 Å². The number of urea groups is 1. The summed E-state index contributed by atoms with van der Waals surface area (Å²) in [6, 6.07) is 5.19. The molecule has 0 saturated heterocycles. The number of rotatable bonds is 4. The smallest absolute Gasteiger partial charge is 0.326 e. The second kappa shape index (κ2) is 8.81. The highest BCUT2D eigenvalue weighted by atomic mass is 79.9. The van der Waals surface area contributed by atoms with Gasteiger partial charge in [0, 0.05) is 5.02 Å². The van der Waals surface area contributed by atoms with E-state index in [-0.39, 0.29) is 32.8 Å². The van der Waals surface area contributed by atoms with Crippen LogP contribution >= 0.6 is 50.7 Å². The molecule has 2 aromatic carbocycles. The van der Waals surface area contributed by atoms with Crippen LogP contribution in [-0.2, 0) is 0 Å². The highest BCUT2D eigenvalue weighted by Gasteiger charge is 2.23. The first-order valence-corrected chi connectivity index (χ1v) is 8.88. The average molecular weight is 483 g/mol. The maximum absolute atomic E-state index is 12.5. The largest absolute Gasteiger partial charge is 0.496 e. The third-order valence-corrected chi connectivity index (χ3v) is 4.63. The van der Waals surface area contributed by atoms with Crippen LogP contribution in [0.5, 0.6) is 11.5 Å². The Balaban J connectivity index is 2.26. The topological polar surface area (TPSA) is 76.7 Å². The van der Waals surface area contributed by atoms with Gasteiger partial charge in [-0.1, -0.05) is 34.8 Å². The van der Waals surface area contributed by atoms with Crippen molar-refractivity contribution in [3.05, 3.63) is 49.4 Å². The fraction of sp³-hybridized carbons (Fsp3) is 0.125. The second-order valence-electron chi connectivity index (χ2n) is 4.81. The molecule has 0 aliphatic heterocycles. The van der Waals surface area contributed by atoms with Gasteiger partial charge < -0.3 is 14.8 Å². The van der Waals surface area contributed by atoms with Crippen molar-refractivity contribution < 1.29 is 19.1 Å². The molecule has 0 saturated carbocycles. The monoisotopic (exact) mass is 480 g/mol. The molecular formula is C16H12BrCl3N2O4. The molecule has 0 spiro atoms. The Hall–Kier alpha value is -1.67. The molecule has 0 radical (unpaired) electrons. The Morgan fingerprint density at radius 2 is 1.65 bits per heavy atom. The maximum Gasteiger partial charge on any atom is 0.326 e. The summed E-state index contributed by atoms with van der Waals surface area (Å²) in [5.41, 5.74) is 0.170. The Morgan fingerprint density at radius 3 is 2.19 bits per heavy atom. The van der Waals surface area contributed by atoms with E-state index in [2.05, 4.69) is 26.6 Å². The molecule has 0 atom stereocenters. The van der Waals surface area contributed by atoms with Crippen molar-refractivity contribution in [3.8, 4) is 11.5 Å². The van der Waals surface area contributed by atoms with E-state index in [9.17, 15) is 9.59 Å². The number of halogens is 4. The van der Waals surface area contributed by atoms with Gasteiger partial charge in [-0.15, -0.1) is 0 Å². The Bertz CT molecular complexity index is 854. The van der Waals surface area contributed by atoms with Crippen LogP contribution in [0.25, 0.3) is 0 Å². The minimum absolute atomic E-state index is 0.0489. The summed E-state index contributed by atoms with van der Waals surface area (Å²) >= 11 is 21.1. The quantitative estimate of drug-likeness (QED) is 0.613. The lowest BCUT2D eigenvalue weighted by Gasteiger charge is -2.15. The summed E-state index contributed by atoms with van der Waals surface area (Å²) in [6.45, 7) is 0. The van der Waals surface area contributed by atoms with Crippen molar-refractivity contribution in [2.45, 2.75) is 0 Å². The first kappa shape index (κ1) is 20.6. The number of carbonyl (C=O) groups excluding carboxylic acids is 2. The molecule has 2 N–H and O–H groups in total. The van der Waals surface area contributed by atoms with Crippen LogP contribution < -0.4 is 20.1 Å². The van der Waals surface area contributed by atoms with Crippen LogP contribution in [0.4, 0.5) is 10.5 Å². The van der Waals surface area contributed by atoms with Crippen molar-refractivity contribution in [2.24, 2.45) is 0 Å². The lowest BCUT2D eigenvalue weighted by Crippen LogP contribution is -2.35. The zero-order valence-corrected chi connectivity index (χ0v) is 17.3. The molecule has 0 fully saturated rings. The number of imide groups is 1. The van der Waals surface area contributed by atoms with E-state index in [1.165, 1.54) is 26.4 Å². The van der Waals surface area contributed by atoms with Gasteiger partial charge >= 0.3 is 6.03 Å². The van der Waals surface area contributed by atoms with E-state index >= 15 is 0 Å². The molecule has 138 valence electrons. The minimum Gasteiger partial charge on any atom is -0.496 e. The summed E-state index contributed by atoms with van der Waals surface area (Å²) < 4.78 is 10.9. The highest BCUT2D eigenvalue weighted by molar-refractivity contribution is 9.10. The van der Waals surface area contributed by atoms with Crippen LogP contribution in [0.1, 0.15) is 10.4 Å². The van der Waals surface area contributed by atoms with E-state index in [0.717, 1.165) is 0 Å². The Labute approximate surface area is 172 Å². The average Bonchev–Trinajstić information content (AvgIpc) is 2.57. The summed E-state index contributed by atoms with van der Waals surface area (Å²) in [6.07, 6.45) is 0. The molecule has 0 aliphatic rings. The van der Waals surface area contributed by atoms with Crippen molar-refractivity contribution in [1.82, 2.24) is 5.32 Å². The van der Waals surface area contributed by atoms with Crippen LogP contribution in [0.15, 0.2) is 28.7 Å². The Morgan fingerprint density at radius 1 is 1.04 bits per heavy atom. The van der Waals surface area contributed by atoms with Gasteiger partial charge in [0.2, 0.25) is 0 Å². The normalized spacial score (nSPS) is 10.2. The molecular weight excluding hydrogens is 470 g/mol. The van der Waals surface area contributed by atoms with Gasteiger partial charge in [-0.2, -0.15) is 0 Å². The third-order valence-electron chi connectivity index (χ3n) is 3.19. The van der Waals surface area contributed by atoms with Gasteiger partial charge in [-0.3, -0.25) is 10.1 Å². The summed E-state index contributed by atoms with van der Waals surface area (Å²) in [5.74, 6) is -0.283. The molecule has 2 rings (SSSR count). The third kappa shape index (κ3) is 4.54. The van der Waals surface area contributed by atoms with E-state index in [1.54, 1.807) is 12.1 Å². The highest BCUT2D eigenvalue weighted by Crippen LogP contribution is 2.36. The number of benzene rings is 2. The fourth-order valence-corrected chi connectivity index (χ4v) is 3.50. The first-order valence-electron chi connectivity index (χ1n) is 6.95. The lowest BCUT2D eigenvalue weighted by atomic mass is 10.1. The number of anilines is 1. The van der Waals surface area contributed by atoms with Crippen LogP contribution in [0, 0.1) is 0 Å². The zero-order valence-electron chi connectivity index (χ0n) is 13.5. The molecule has 10 heteroatoms. The molecule has 2 aromatic rings. The van der Waals surface area contributed by atoms with Gasteiger partial charge in [0.1, 0.15) is 17.1 Å². The number of ether oxygens (including phenoxy) is 2. The lowest BCUT2D eigenvalue weighted by molar-refractivity contribution is 0.0961. The van der Waals surface area contributed by atoms with Gasteiger partial charge in [0.25, 0.3) is 5.91 Å². The molecule has 26 heavy (non-hydrogen) atoms. The number of hydrogen-bond donors (Lipinski definition) is 2. The number of nitrogens with one attached hydrogen (secondary N) is 2. The minimum atomic E-state index is -0.842. The van der Waals surface area contributed by atoms with Crippen LogP contribution in [0.2, 0.25) is 15.1 Å². The van der Waals surface area contributed by atoms with Gasteiger partial charge in [0.05, 0.1) is 34.4 Å². The SMILES string of the molecule is COc1ccc(Br)c(OC)c1C(=O)NC(=O)Nc1c(Cl)cc(Cl)cc1Cl. The van der Waals surface area contributed by atoms with Crippen LogP contribution in [0.3, 0.4) is 0 Å². The zero-order chi connectivity index (χ0) is 19.4. The van der Waals surface area contributed by atoms with E-state index in [1.807, 2.05) is 0 Å². The van der Waals surface area contributed by atoms with Gasteiger partial charge in [0.15, 0.2) is 0 Å². The van der Waals surface area contributed by atoms with Gasteiger partial charge in [-0.25, -0.2) is 4.79 Å². The second-order valence-corrected chi connectivity index (χ2v) is 6.92. The van der Waals surface area contributed by atoms with Crippen molar-refractivity contribution in [1.29, 1.82) is 0 Å². The predicted octanol–water partition coefficient (Wildman–Crippen LogP) is 5.39. The summed E-state index contributed by atoms with van der Waals surface area (Å²) in [5, 5.41) is 5.15. The van der Waals surface area contributed by atoms with Crippen molar-refractivity contribution in [3.63, 3.8) is 0 Å². The summed E-state index contributed by atoms with van der Waals surface area (Å²) in [4.78, 5) is 24.7. The molecule has 0 heterocycles. The first-order chi connectivity index (χ1) is 12.3. The van der Waals surface area contributed by atoms with E-state index in [0.29, 0.717) is 9.50 Å². The fourth-order valence-electron chi connectivity index (χ4n) is 2.10. The van der Waals surface area contributed by atoms with E-state index < -0.39 is 11.9 Å². The van der Waals surface area contributed by atoms with Crippen molar-refractivity contribution in [2.75, 3.05) is 19.5 Å². The number of hydrogen-bond acceptors (Lipinski definition) is 4. The Kier molecular flexibility index (Phi) is 7.00. The van der Waals surface area contributed by atoms with Gasteiger partial charge in [-0.05, 0) is 40.2 Å². The summed E-state index contributed by atoms with van der Waals surface area (Å²) in [7, 11) is 2.79. The number of carbonyl (C=O) groups is 2. The molecule has 0 aliphatic carbocycles. The predicted molar refractivity (Wildman–Crippen MR) is 105 cm³/mol. The molecule has 0 unspecified atom stereocenters.